The predicted molar refractivity (Wildman–Crippen MR) is 48.6 cm³/mol. The minimum absolute atomic E-state index is 0.525. The van der Waals surface area contributed by atoms with Gasteiger partial charge >= 0.3 is 0 Å². The molecule has 66 valence electrons. The first-order chi connectivity index (χ1) is 5.79. The average molecular weight is 186 g/mol. The lowest BCUT2D eigenvalue weighted by Crippen LogP contribution is -2.30. The number of hydrogen-bond acceptors (Lipinski definition) is 2. The van der Waals surface area contributed by atoms with Crippen LogP contribution in [0.3, 0.4) is 0 Å². The maximum atomic E-state index is 5.75. The van der Waals surface area contributed by atoms with Crippen LogP contribution < -0.4 is 5.32 Å². The van der Waals surface area contributed by atoms with E-state index in [-0.39, 0.29) is 0 Å². The van der Waals surface area contributed by atoms with Crippen LogP contribution in [-0.2, 0) is 12.8 Å². The van der Waals surface area contributed by atoms with Gasteiger partial charge in [0, 0.05) is 12.5 Å². The number of likely N-dealkylation sites (N-methyl/N-ethyl adjacent to an activating group) is 1. The molecule has 1 unspecified atom stereocenters. The molecule has 1 heterocycles. The summed E-state index contributed by atoms with van der Waals surface area (Å²) in [7, 11) is 2.00. The summed E-state index contributed by atoms with van der Waals surface area (Å²) in [5, 5.41) is 3.79. The van der Waals surface area contributed by atoms with E-state index in [1.807, 2.05) is 13.1 Å². The van der Waals surface area contributed by atoms with Crippen LogP contribution in [0.15, 0.2) is 10.5 Å². The number of furan rings is 1. The maximum Gasteiger partial charge on any atom is 0.193 e. The summed E-state index contributed by atoms with van der Waals surface area (Å²) >= 11 is 5.75. The first-order valence-corrected chi connectivity index (χ1v) is 4.61. The molecule has 0 aliphatic heterocycles. The van der Waals surface area contributed by atoms with Crippen LogP contribution in [0.2, 0.25) is 5.22 Å². The van der Waals surface area contributed by atoms with E-state index in [2.05, 4.69) is 5.32 Å². The van der Waals surface area contributed by atoms with Crippen molar-refractivity contribution in [2.24, 2.45) is 0 Å². The zero-order chi connectivity index (χ0) is 8.55. The second-order valence-corrected chi connectivity index (χ2v) is 3.60. The van der Waals surface area contributed by atoms with Crippen molar-refractivity contribution in [1.82, 2.24) is 5.32 Å². The van der Waals surface area contributed by atoms with Crippen molar-refractivity contribution in [3.05, 3.63) is 22.6 Å². The van der Waals surface area contributed by atoms with Crippen molar-refractivity contribution in [1.29, 1.82) is 0 Å². The highest BCUT2D eigenvalue weighted by molar-refractivity contribution is 6.28. The Kier molecular flexibility index (Phi) is 2.11. The van der Waals surface area contributed by atoms with E-state index < -0.39 is 0 Å². The second-order valence-electron chi connectivity index (χ2n) is 3.23. The number of nitrogens with one attached hydrogen (secondary N) is 1. The van der Waals surface area contributed by atoms with E-state index in [4.69, 9.17) is 16.0 Å². The first-order valence-electron chi connectivity index (χ1n) is 4.24. The number of halogens is 1. The van der Waals surface area contributed by atoms with Gasteiger partial charge in [-0.25, -0.2) is 0 Å². The molecular weight excluding hydrogens is 174 g/mol. The molecule has 1 aliphatic rings. The third kappa shape index (κ3) is 1.37. The van der Waals surface area contributed by atoms with Crippen molar-refractivity contribution >= 4 is 11.6 Å². The van der Waals surface area contributed by atoms with E-state index >= 15 is 0 Å². The predicted octanol–water partition coefficient (Wildman–Crippen LogP) is 2.01. The Labute approximate surface area is 76.9 Å². The quantitative estimate of drug-likeness (QED) is 0.724. The highest BCUT2D eigenvalue weighted by Crippen LogP contribution is 2.27. The summed E-state index contributed by atoms with van der Waals surface area (Å²) in [5.74, 6) is 1.08. The Bertz CT molecular complexity index is 282. The molecule has 0 fully saturated rings. The summed E-state index contributed by atoms with van der Waals surface area (Å²) < 4.78 is 5.34. The summed E-state index contributed by atoms with van der Waals surface area (Å²) in [5.41, 5.74) is 1.27. The molecule has 0 bridgehead atoms. The third-order valence-corrected chi connectivity index (χ3v) is 2.65. The van der Waals surface area contributed by atoms with Gasteiger partial charge in [-0.1, -0.05) is 0 Å². The maximum absolute atomic E-state index is 5.75. The van der Waals surface area contributed by atoms with E-state index in [1.54, 1.807) is 0 Å². The summed E-state index contributed by atoms with van der Waals surface area (Å²) in [6.07, 6.45) is 3.20. The largest absolute Gasteiger partial charge is 0.449 e. The summed E-state index contributed by atoms with van der Waals surface area (Å²) in [6.45, 7) is 0. The third-order valence-electron chi connectivity index (χ3n) is 2.46. The van der Waals surface area contributed by atoms with Gasteiger partial charge in [0.05, 0.1) is 0 Å². The standard InChI is InChI=1S/C9H12ClNO/c1-11-7-2-3-8-6(4-7)5-9(10)12-8/h5,7,11H,2-4H2,1H3. The Morgan fingerprint density at radius 3 is 3.25 bits per heavy atom. The van der Waals surface area contributed by atoms with Gasteiger partial charge < -0.3 is 9.73 Å². The van der Waals surface area contributed by atoms with Gasteiger partial charge in [-0.2, -0.15) is 0 Å². The highest BCUT2D eigenvalue weighted by atomic mass is 35.5. The molecule has 1 aromatic heterocycles. The molecule has 0 aromatic carbocycles. The van der Waals surface area contributed by atoms with Crippen molar-refractivity contribution in [3.63, 3.8) is 0 Å². The lowest BCUT2D eigenvalue weighted by Gasteiger charge is -2.19. The van der Waals surface area contributed by atoms with Crippen LogP contribution in [-0.4, -0.2) is 13.1 Å². The molecule has 12 heavy (non-hydrogen) atoms. The van der Waals surface area contributed by atoms with Crippen LogP contribution in [0.25, 0.3) is 0 Å². The molecule has 0 amide bonds. The fourth-order valence-electron chi connectivity index (χ4n) is 1.73. The zero-order valence-electron chi connectivity index (χ0n) is 7.06. The Balaban J connectivity index is 2.22. The molecule has 1 atom stereocenters. The van der Waals surface area contributed by atoms with Gasteiger partial charge in [0.15, 0.2) is 5.22 Å². The lowest BCUT2D eigenvalue weighted by molar-refractivity contribution is 0.429. The summed E-state index contributed by atoms with van der Waals surface area (Å²) in [6, 6.07) is 2.52. The van der Waals surface area contributed by atoms with Gasteiger partial charge in [0.25, 0.3) is 0 Å². The van der Waals surface area contributed by atoms with E-state index in [0.29, 0.717) is 11.3 Å². The monoisotopic (exact) mass is 185 g/mol. The molecule has 1 N–H and O–H groups in total. The first kappa shape index (κ1) is 8.14. The van der Waals surface area contributed by atoms with E-state index in [9.17, 15) is 0 Å². The van der Waals surface area contributed by atoms with Crippen LogP contribution in [0.4, 0.5) is 0 Å². The number of hydrogen-bond donors (Lipinski definition) is 1. The topological polar surface area (TPSA) is 25.2 Å². The Hall–Kier alpha value is -0.470. The number of rotatable bonds is 1. The van der Waals surface area contributed by atoms with Gasteiger partial charge in [-0.05, 0) is 43.1 Å². The summed E-state index contributed by atoms with van der Waals surface area (Å²) in [4.78, 5) is 0. The Morgan fingerprint density at radius 2 is 2.50 bits per heavy atom. The van der Waals surface area contributed by atoms with Crippen molar-refractivity contribution in [2.45, 2.75) is 25.3 Å². The fraction of sp³-hybridized carbons (Fsp3) is 0.556. The Morgan fingerprint density at radius 1 is 1.67 bits per heavy atom. The van der Waals surface area contributed by atoms with Crippen LogP contribution in [0, 0.1) is 0 Å². The normalized spacial score (nSPS) is 22.3. The molecule has 2 rings (SSSR count). The van der Waals surface area contributed by atoms with Crippen LogP contribution >= 0.6 is 11.6 Å². The van der Waals surface area contributed by atoms with Crippen molar-refractivity contribution in [2.75, 3.05) is 7.05 Å². The van der Waals surface area contributed by atoms with Crippen molar-refractivity contribution < 1.29 is 4.42 Å². The second kappa shape index (κ2) is 3.11. The highest BCUT2D eigenvalue weighted by Gasteiger charge is 2.20. The minimum atomic E-state index is 0.525. The van der Waals surface area contributed by atoms with Gasteiger partial charge in [-0.3, -0.25) is 0 Å². The molecule has 2 nitrogen and oxygen atoms in total. The van der Waals surface area contributed by atoms with Gasteiger partial charge in [0.2, 0.25) is 0 Å². The SMILES string of the molecule is CNC1CCc2oc(Cl)cc2C1. The van der Waals surface area contributed by atoms with Gasteiger partial charge in [-0.15, -0.1) is 0 Å². The molecule has 0 saturated carbocycles. The van der Waals surface area contributed by atoms with E-state index in [1.165, 1.54) is 5.56 Å². The number of aryl methyl sites for hydroxylation is 1. The molecular formula is C9H12ClNO. The van der Waals surface area contributed by atoms with Crippen LogP contribution in [0.5, 0.6) is 0 Å². The van der Waals surface area contributed by atoms with Gasteiger partial charge in [0.1, 0.15) is 5.76 Å². The zero-order valence-corrected chi connectivity index (χ0v) is 7.82. The minimum Gasteiger partial charge on any atom is -0.449 e. The lowest BCUT2D eigenvalue weighted by atomic mass is 9.94. The molecule has 1 aliphatic carbocycles. The molecule has 1 aromatic rings. The smallest absolute Gasteiger partial charge is 0.193 e. The molecule has 0 saturated heterocycles. The molecule has 0 radical (unpaired) electrons. The number of fused-ring (bicyclic) bond motifs is 1. The van der Waals surface area contributed by atoms with Crippen LogP contribution in [0.1, 0.15) is 17.7 Å². The van der Waals surface area contributed by atoms with Crippen molar-refractivity contribution in [3.8, 4) is 0 Å². The average Bonchev–Trinajstić information content (AvgIpc) is 2.43. The molecule has 3 heteroatoms. The van der Waals surface area contributed by atoms with E-state index in [0.717, 1.165) is 25.0 Å². The molecule has 0 spiro atoms. The fourth-order valence-corrected chi connectivity index (χ4v) is 1.96.